The van der Waals surface area contributed by atoms with Gasteiger partial charge in [-0.3, -0.25) is 4.79 Å². The molecule has 0 spiro atoms. The Morgan fingerprint density at radius 1 is 1.29 bits per heavy atom. The summed E-state index contributed by atoms with van der Waals surface area (Å²) >= 11 is 0. The molecule has 2 heterocycles. The van der Waals surface area contributed by atoms with Crippen LogP contribution >= 0.6 is 0 Å². The molecule has 0 atom stereocenters. The van der Waals surface area contributed by atoms with E-state index < -0.39 is 5.95 Å². The number of hydrogen-bond donors (Lipinski definition) is 0. The van der Waals surface area contributed by atoms with Crippen LogP contribution in [-0.2, 0) is 6.54 Å². The van der Waals surface area contributed by atoms with Crippen molar-refractivity contribution in [3.63, 3.8) is 0 Å². The van der Waals surface area contributed by atoms with Crippen LogP contribution < -0.4 is 9.47 Å². The van der Waals surface area contributed by atoms with E-state index in [1.165, 1.54) is 23.2 Å². The average molecular weight is 288 g/mol. The molecule has 1 amide bonds. The van der Waals surface area contributed by atoms with E-state index in [9.17, 15) is 9.18 Å². The third-order valence-corrected chi connectivity index (χ3v) is 3.18. The van der Waals surface area contributed by atoms with Gasteiger partial charge in [-0.2, -0.15) is 4.39 Å². The van der Waals surface area contributed by atoms with Crippen LogP contribution in [0.2, 0.25) is 0 Å². The zero-order valence-corrected chi connectivity index (χ0v) is 11.4. The van der Waals surface area contributed by atoms with E-state index in [0.29, 0.717) is 23.6 Å². The normalized spacial score (nSPS) is 12.3. The molecule has 0 radical (unpaired) electrons. The van der Waals surface area contributed by atoms with Gasteiger partial charge in [0.2, 0.25) is 12.7 Å². The molecule has 6 heteroatoms. The first kappa shape index (κ1) is 13.4. The number of aromatic nitrogens is 1. The molecule has 21 heavy (non-hydrogen) atoms. The highest BCUT2D eigenvalue weighted by Gasteiger charge is 2.16. The Kier molecular flexibility index (Phi) is 3.43. The highest BCUT2D eigenvalue weighted by molar-refractivity contribution is 5.93. The summed E-state index contributed by atoms with van der Waals surface area (Å²) in [5.41, 5.74) is 1.27. The maximum absolute atomic E-state index is 12.8. The number of benzene rings is 1. The van der Waals surface area contributed by atoms with Crippen molar-refractivity contribution in [3.8, 4) is 11.5 Å². The predicted octanol–water partition coefficient (Wildman–Crippen LogP) is 2.22. The van der Waals surface area contributed by atoms with E-state index in [4.69, 9.17) is 9.47 Å². The Labute approximate surface area is 120 Å². The van der Waals surface area contributed by atoms with E-state index in [2.05, 4.69) is 4.98 Å². The minimum Gasteiger partial charge on any atom is -0.454 e. The first-order valence-corrected chi connectivity index (χ1v) is 6.39. The molecule has 2 aromatic rings. The number of pyridine rings is 1. The van der Waals surface area contributed by atoms with E-state index in [0.717, 1.165) is 5.56 Å². The lowest BCUT2D eigenvalue weighted by atomic mass is 10.1. The quantitative estimate of drug-likeness (QED) is 0.813. The van der Waals surface area contributed by atoms with Crippen molar-refractivity contribution in [1.82, 2.24) is 9.88 Å². The van der Waals surface area contributed by atoms with Crippen LogP contribution in [0.4, 0.5) is 4.39 Å². The van der Waals surface area contributed by atoms with E-state index in [1.54, 1.807) is 7.05 Å². The summed E-state index contributed by atoms with van der Waals surface area (Å²) in [6.45, 7) is 0.627. The van der Waals surface area contributed by atoms with Crippen LogP contribution in [0.15, 0.2) is 36.5 Å². The summed E-state index contributed by atoms with van der Waals surface area (Å²) in [7, 11) is 1.68. The first-order chi connectivity index (χ1) is 10.1. The Morgan fingerprint density at radius 3 is 2.86 bits per heavy atom. The van der Waals surface area contributed by atoms with E-state index in [1.807, 2.05) is 18.2 Å². The minimum atomic E-state index is -0.607. The van der Waals surface area contributed by atoms with Crippen molar-refractivity contribution in [2.24, 2.45) is 0 Å². The number of amides is 1. The fourth-order valence-electron chi connectivity index (χ4n) is 2.11. The summed E-state index contributed by atoms with van der Waals surface area (Å²) < 4.78 is 23.3. The number of carbonyl (C=O) groups excluding carboxylic acids is 1. The van der Waals surface area contributed by atoms with Crippen molar-refractivity contribution in [1.29, 1.82) is 0 Å². The van der Waals surface area contributed by atoms with Gasteiger partial charge in [-0.1, -0.05) is 6.07 Å². The topological polar surface area (TPSA) is 51.7 Å². The molecule has 1 aliphatic rings. The molecule has 1 aromatic carbocycles. The predicted molar refractivity (Wildman–Crippen MR) is 72.6 cm³/mol. The highest BCUT2D eigenvalue weighted by atomic mass is 19.1. The SMILES string of the molecule is CN(Cc1ccc2c(c1)OCO2)C(=O)c1ccc(F)nc1. The number of rotatable bonds is 3. The van der Waals surface area contributed by atoms with Crippen LogP contribution in [0.25, 0.3) is 0 Å². The molecule has 1 aromatic heterocycles. The van der Waals surface area contributed by atoms with Crippen molar-refractivity contribution in [3.05, 3.63) is 53.6 Å². The molecular weight excluding hydrogens is 275 g/mol. The van der Waals surface area contributed by atoms with Crippen LogP contribution in [0, 0.1) is 5.95 Å². The summed E-state index contributed by atoms with van der Waals surface area (Å²) in [6.07, 6.45) is 1.23. The zero-order valence-electron chi connectivity index (χ0n) is 11.4. The highest BCUT2D eigenvalue weighted by Crippen LogP contribution is 2.32. The summed E-state index contributed by atoms with van der Waals surface area (Å²) in [6, 6.07) is 8.12. The van der Waals surface area contributed by atoms with Gasteiger partial charge < -0.3 is 14.4 Å². The molecule has 5 nitrogen and oxygen atoms in total. The average Bonchev–Trinajstić information content (AvgIpc) is 2.95. The number of fused-ring (bicyclic) bond motifs is 1. The zero-order chi connectivity index (χ0) is 14.8. The van der Waals surface area contributed by atoms with Crippen molar-refractivity contribution >= 4 is 5.91 Å². The number of carbonyl (C=O) groups is 1. The van der Waals surface area contributed by atoms with Crippen LogP contribution in [0.5, 0.6) is 11.5 Å². The number of hydrogen-bond acceptors (Lipinski definition) is 4. The molecule has 0 N–H and O–H groups in total. The van der Waals surface area contributed by atoms with E-state index >= 15 is 0 Å². The summed E-state index contributed by atoms with van der Waals surface area (Å²) in [4.78, 5) is 17.2. The van der Waals surface area contributed by atoms with E-state index in [-0.39, 0.29) is 12.7 Å². The molecule has 1 aliphatic heterocycles. The molecule has 0 saturated heterocycles. The molecule has 3 rings (SSSR count). The number of halogens is 1. The fraction of sp³-hybridized carbons (Fsp3) is 0.200. The van der Waals surface area contributed by atoms with Gasteiger partial charge in [-0.25, -0.2) is 4.98 Å². The second-order valence-corrected chi connectivity index (χ2v) is 4.72. The number of ether oxygens (including phenoxy) is 2. The van der Waals surface area contributed by atoms with Gasteiger partial charge >= 0.3 is 0 Å². The fourth-order valence-corrected chi connectivity index (χ4v) is 2.11. The van der Waals surface area contributed by atoms with Crippen molar-refractivity contribution in [2.45, 2.75) is 6.54 Å². The summed E-state index contributed by atoms with van der Waals surface area (Å²) in [5, 5.41) is 0. The van der Waals surface area contributed by atoms with Crippen LogP contribution in [-0.4, -0.2) is 29.6 Å². The van der Waals surface area contributed by atoms with Crippen molar-refractivity contribution in [2.75, 3.05) is 13.8 Å². The van der Waals surface area contributed by atoms with Gasteiger partial charge in [-0.05, 0) is 29.8 Å². The Hall–Kier alpha value is -2.63. The first-order valence-electron chi connectivity index (χ1n) is 6.39. The standard InChI is InChI=1S/C15H13FN2O3/c1-18(15(19)11-3-5-14(16)17-7-11)8-10-2-4-12-13(6-10)21-9-20-12/h2-7H,8-9H2,1H3. The maximum atomic E-state index is 12.8. The molecule has 0 fully saturated rings. The monoisotopic (exact) mass is 288 g/mol. The molecule has 0 aliphatic carbocycles. The largest absolute Gasteiger partial charge is 0.454 e. The lowest BCUT2D eigenvalue weighted by Gasteiger charge is -2.17. The smallest absolute Gasteiger partial charge is 0.255 e. The molecule has 0 unspecified atom stereocenters. The Morgan fingerprint density at radius 2 is 2.10 bits per heavy atom. The maximum Gasteiger partial charge on any atom is 0.255 e. The summed E-state index contributed by atoms with van der Waals surface area (Å²) in [5.74, 6) is 0.553. The lowest BCUT2D eigenvalue weighted by molar-refractivity contribution is 0.0784. The van der Waals surface area contributed by atoms with Crippen LogP contribution in [0.3, 0.4) is 0 Å². The third kappa shape index (κ3) is 2.79. The van der Waals surface area contributed by atoms with Gasteiger partial charge in [0.25, 0.3) is 5.91 Å². The van der Waals surface area contributed by atoms with Gasteiger partial charge in [0.05, 0.1) is 5.56 Å². The molecule has 0 bridgehead atoms. The molecule has 108 valence electrons. The van der Waals surface area contributed by atoms with Gasteiger partial charge in [-0.15, -0.1) is 0 Å². The molecular formula is C15H13FN2O3. The number of nitrogens with zero attached hydrogens (tertiary/aromatic N) is 2. The second-order valence-electron chi connectivity index (χ2n) is 4.72. The van der Waals surface area contributed by atoms with Gasteiger partial charge in [0.15, 0.2) is 11.5 Å². The minimum absolute atomic E-state index is 0.217. The lowest BCUT2D eigenvalue weighted by Crippen LogP contribution is -2.26. The Bertz CT molecular complexity index is 673. The Balaban J connectivity index is 1.72. The van der Waals surface area contributed by atoms with Gasteiger partial charge in [0, 0.05) is 19.8 Å². The van der Waals surface area contributed by atoms with Gasteiger partial charge in [0.1, 0.15) is 0 Å². The third-order valence-electron chi connectivity index (χ3n) is 3.18. The van der Waals surface area contributed by atoms with Crippen molar-refractivity contribution < 1.29 is 18.7 Å². The molecule has 0 saturated carbocycles. The second kappa shape index (κ2) is 5.40. The van der Waals surface area contributed by atoms with Crippen LogP contribution in [0.1, 0.15) is 15.9 Å².